The zero-order valence-corrected chi connectivity index (χ0v) is 14.9. The standard InChI is InChI=1S/C19H25N3O3/c1-4-20-19(21-12-14-6-5-7-16(10-14)24-2)22-13-15-11-17(25-3)8-9-18(15)23/h5-11,23H,4,12-13H2,1-3H3,(H2,20,21,22). The summed E-state index contributed by atoms with van der Waals surface area (Å²) in [5, 5.41) is 16.4. The van der Waals surface area contributed by atoms with Crippen LogP contribution in [0.1, 0.15) is 18.1 Å². The van der Waals surface area contributed by atoms with E-state index in [1.165, 1.54) is 0 Å². The molecule has 0 atom stereocenters. The smallest absolute Gasteiger partial charge is 0.191 e. The average molecular weight is 343 g/mol. The number of methoxy groups -OCH3 is 2. The maximum atomic E-state index is 9.97. The highest BCUT2D eigenvalue weighted by Gasteiger charge is 2.05. The molecule has 0 aromatic heterocycles. The van der Waals surface area contributed by atoms with E-state index in [1.807, 2.05) is 31.2 Å². The van der Waals surface area contributed by atoms with Gasteiger partial charge in [-0.25, -0.2) is 4.99 Å². The third-order valence-electron chi connectivity index (χ3n) is 3.63. The largest absolute Gasteiger partial charge is 0.508 e. The van der Waals surface area contributed by atoms with E-state index < -0.39 is 0 Å². The van der Waals surface area contributed by atoms with Crippen molar-refractivity contribution in [3.63, 3.8) is 0 Å². The highest BCUT2D eigenvalue weighted by Crippen LogP contribution is 2.22. The summed E-state index contributed by atoms with van der Waals surface area (Å²) in [6.45, 7) is 3.71. The van der Waals surface area contributed by atoms with Crippen molar-refractivity contribution in [3.05, 3.63) is 53.6 Å². The molecule has 0 radical (unpaired) electrons. The summed E-state index contributed by atoms with van der Waals surface area (Å²) in [6, 6.07) is 13.0. The van der Waals surface area contributed by atoms with Crippen molar-refractivity contribution in [2.45, 2.75) is 20.0 Å². The Morgan fingerprint density at radius 1 is 1.04 bits per heavy atom. The molecule has 0 bridgehead atoms. The van der Waals surface area contributed by atoms with Crippen LogP contribution in [0.15, 0.2) is 47.5 Å². The number of rotatable bonds is 7. The first-order valence-electron chi connectivity index (χ1n) is 8.17. The number of guanidine groups is 1. The molecule has 6 nitrogen and oxygen atoms in total. The van der Waals surface area contributed by atoms with Crippen molar-refractivity contribution in [1.29, 1.82) is 0 Å². The van der Waals surface area contributed by atoms with Gasteiger partial charge in [0.1, 0.15) is 17.2 Å². The number of phenols is 1. The number of hydrogen-bond donors (Lipinski definition) is 3. The van der Waals surface area contributed by atoms with E-state index in [0.717, 1.165) is 23.4 Å². The van der Waals surface area contributed by atoms with Gasteiger partial charge in [0.15, 0.2) is 5.96 Å². The van der Waals surface area contributed by atoms with Gasteiger partial charge in [-0.1, -0.05) is 12.1 Å². The molecule has 2 rings (SSSR count). The molecule has 0 aliphatic rings. The van der Waals surface area contributed by atoms with E-state index in [9.17, 15) is 5.11 Å². The van der Waals surface area contributed by atoms with Gasteiger partial charge in [0.05, 0.1) is 20.8 Å². The SMILES string of the molecule is CCNC(=NCc1cccc(OC)c1)NCc1cc(OC)ccc1O. The lowest BCUT2D eigenvalue weighted by Crippen LogP contribution is -2.36. The maximum absolute atomic E-state index is 9.97. The van der Waals surface area contributed by atoms with E-state index in [4.69, 9.17) is 9.47 Å². The van der Waals surface area contributed by atoms with Crippen molar-refractivity contribution in [2.75, 3.05) is 20.8 Å². The molecule has 25 heavy (non-hydrogen) atoms. The second kappa shape index (κ2) is 9.42. The van der Waals surface area contributed by atoms with E-state index in [0.29, 0.717) is 24.8 Å². The zero-order valence-electron chi connectivity index (χ0n) is 14.9. The number of phenolic OH excluding ortho intramolecular Hbond substituents is 1. The molecular formula is C19H25N3O3. The number of aliphatic imine (C=N–C) groups is 1. The molecule has 2 aromatic carbocycles. The minimum atomic E-state index is 0.219. The molecule has 134 valence electrons. The van der Waals surface area contributed by atoms with Gasteiger partial charge in [0.2, 0.25) is 0 Å². The Balaban J connectivity index is 2.04. The van der Waals surface area contributed by atoms with Crippen molar-refractivity contribution < 1.29 is 14.6 Å². The van der Waals surface area contributed by atoms with Crippen molar-refractivity contribution in [3.8, 4) is 17.2 Å². The van der Waals surface area contributed by atoms with Gasteiger partial charge in [-0.05, 0) is 42.8 Å². The number of nitrogens with zero attached hydrogens (tertiary/aromatic N) is 1. The fourth-order valence-corrected chi connectivity index (χ4v) is 2.29. The normalized spacial score (nSPS) is 11.1. The van der Waals surface area contributed by atoms with Gasteiger partial charge >= 0.3 is 0 Å². The quantitative estimate of drug-likeness (QED) is 0.532. The molecule has 0 aliphatic carbocycles. The number of aromatic hydroxyl groups is 1. The van der Waals surface area contributed by atoms with Crippen LogP contribution >= 0.6 is 0 Å². The molecule has 0 spiro atoms. The van der Waals surface area contributed by atoms with Crippen LogP contribution in [0.25, 0.3) is 0 Å². The molecule has 3 N–H and O–H groups in total. The monoisotopic (exact) mass is 343 g/mol. The summed E-state index contributed by atoms with van der Waals surface area (Å²) in [5.74, 6) is 2.41. The molecule has 0 saturated heterocycles. The van der Waals surface area contributed by atoms with Crippen LogP contribution in [0.5, 0.6) is 17.2 Å². The summed E-state index contributed by atoms with van der Waals surface area (Å²) >= 11 is 0. The second-order valence-corrected chi connectivity index (χ2v) is 5.39. The number of nitrogens with one attached hydrogen (secondary N) is 2. The van der Waals surface area contributed by atoms with Gasteiger partial charge in [-0.3, -0.25) is 0 Å². The van der Waals surface area contributed by atoms with Crippen LogP contribution < -0.4 is 20.1 Å². The van der Waals surface area contributed by atoms with E-state index in [-0.39, 0.29) is 5.75 Å². The van der Waals surface area contributed by atoms with E-state index in [1.54, 1.807) is 32.4 Å². The van der Waals surface area contributed by atoms with Crippen molar-refractivity contribution in [2.24, 2.45) is 4.99 Å². The molecule has 0 saturated carbocycles. The summed E-state index contributed by atoms with van der Waals surface area (Å²) < 4.78 is 10.4. The average Bonchev–Trinajstić information content (AvgIpc) is 2.65. The third kappa shape index (κ3) is 5.60. The van der Waals surface area contributed by atoms with Gasteiger partial charge in [-0.2, -0.15) is 0 Å². The van der Waals surface area contributed by atoms with Crippen LogP contribution in [0, 0.1) is 0 Å². The van der Waals surface area contributed by atoms with Crippen LogP contribution in [0.4, 0.5) is 0 Å². The summed E-state index contributed by atoms with van der Waals surface area (Å²) in [5.41, 5.74) is 1.80. The predicted molar refractivity (Wildman–Crippen MR) is 99.3 cm³/mol. The molecule has 0 unspecified atom stereocenters. The van der Waals surface area contributed by atoms with Crippen LogP contribution in [0.3, 0.4) is 0 Å². The predicted octanol–water partition coefficient (Wildman–Crippen LogP) is 2.66. The molecule has 6 heteroatoms. The van der Waals surface area contributed by atoms with Crippen LogP contribution in [0.2, 0.25) is 0 Å². The summed E-state index contributed by atoms with van der Waals surface area (Å²) in [6.07, 6.45) is 0. The van der Waals surface area contributed by atoms with Gasteiger partial charge in [-0.15, -0.1) is 0 Å². The lowest BCUT2D eigenvalue weighted by atomic mass is 10.2. The fraction of sp³-hybridized carbons (Fsp3) is 0.316. The summed E-state index contributed by atoms with van der Waals surface area (Å²) in [7, 11) is 3.25. The molecule has 0 amide bonds. The maximum Gasteiger partial charge on any atom is 0.191 e. The minimum Gasteiger partial charge on any atom is -0.508 e. The third-order valence-corrected chi connectivity index (χ3v) is 3.63. The highest BCUT2D eigenvalue weighted by atomic mass is 16.5. The van der Waals surface area contributed by atoms with Gasteiger partial charge < -0.3 is 25.2 Å². The van der Waals surface area contributed by atoms with Crippen molar-refractivity contribution in [1.82, 2.24) is 10.6 Å². The summed E-state index contributed by atoms with van der Waals surface area (Å²) in [4.78, 5) is 4.57. The second-order valence-electron chi connectivity index (χ2n) is 5.39. The minimum absolute atomic E-state index is 0.219. The lowest BCUT2D eigenvalue weighted by molar-refractivity contribution is 0.410. The van der Waals surface area contributed by atoms with Crippen LogP contribution in [-0.2, 0) is 13.1 Å². The Morgan fingerprint density at radius 3 is 2.52 bits per heavy atom. The number of hydrogen-bond acceptors (Lipinski definition) is 4. The number of benzene rings is 2. The Labute approximate surface area is 148 Å². The Morgan fingerprint density at radius 2 is 1.80 bits per heavy atom. The Bertz CT molecular complexity index is 717. The van der Waals surface area contributed by atoms with Crippen molar-refractivity contribution >= 4 is 5.96 Å². The van der Waals surface area contributed by atoms with E-state index in [2.05, 4.69) is 15.6 Å². The topological polar surface area (TPSA) is 75.1 Å². The number of ether oxygens (including phenoxy) is 2. The van der Waals surface area contributed by atoms with Crippen LogP contribution in [-0.4, -0.2) is 31.8 Å². The van der Waals surface area contributed by atoms with Gasteiger partial charge in [0, 0.05) is 18.7 Å². The Kier molecular flexibility index (Phi) is 6.95. The fourth-order valence-electron chi connectivity index (χ4n) is 2.29. The highest BCUT2D eigenvalue weighted by molar-refractivity contribution is 5.79. The van der Waals surface area contributed by atoms with E-state index >= 15 is 0 Å². The zero-order chi connectivity index (χ0) is 18.1. The molecule has 2 aromatic rings. The van der Waals surface area contributed by atoms with Gasteiger partial charge in [0.25, 0.3) is 0 Å². The first kappa shape index (κ1) is 18.4. The Hall–Kier alpha value is -2.89. The molecule has 0 heterocycles. The molecule has 0 aliphatic heterocycles. The first-order chi connectivity index (χ1) is 12.2. The molecular weight excluding hydrogens is 318 g/mol. The molecule has 0 fully saturated rings. The lowest BCUT2D eigenvalue weighted by Gasteiger charge is -2.13. The first-order valence-corrected chi connectivity index (χ1v) is 8.17.